The third-order valence-electron chi connectivity index (χ3n) is 5.29. The molecule has 1 aliphatic carbocycles. The number of nitrogens with one attached hydrogen (secondary N) is 1. The van der Waals surface area contributed by atoms with Gasteiger partial charge in [0.2, 0.25) is 11.8 Å². The second-order valence-electron chi connectivity index (χ2n) is 6.54. The van der Waals surface area contributed by atoms with Crippen molar-refractivity contribution in [3.05, 3.63) is 0 Å². The van der Waals surface area contributed by atoms with Crippen LogP contribution in [0, 0.1) is 11.3 Å². The lowest BCUT2D eigenvalue weighted by Gasteiger charge is -2.35. The van der Waals surface area contributed by atoms with Crippen molar-refractivity contribution in [3.63, 3.8) is 0 Å². The number of carbonyl (C=O) groups is 2. The number of amides is 2. The number of likely N-dealkylation sites (tertiary alicyclic amines) is 1. The Kier molecular flexibility index (Phi) is 7.13. The number of hydrogen-bond donors (Lipinski definition) is 2. The molecule has 0 aromatic heterocycles. The van der Waals surface area contributed by atoms with Crippen molar-refractivity contribution < 1.29 is 9.59 Å². The van der Waals surface area contributed by atoms with Gasteiger partial charge in [-0.2, -0.15) is 0 Å². The summed E-state index contributed by atoms with van der Waals surface area (Å²) in [5.74, 6) is 0.696. The lowest BCUT2D eigenvalue weighted by molar-refractivity contribution is -0.134. The van der Waals surface area contributed by atoms with Crippen LogP contribution in [0.2, 0.25) is 0 Å². The zero-order valence-corrected chi connectivity index (χ0v) is 14.6. The molecule has 0 aromatic carbocycles. The highest BCUT2D eigenvalue weighted by Crippen LogP contribution is 2.32. The van der Waals surface area contributed by atoms with Gasteiger partial charge in [0.05, 0.1) is 5.41 Å². The van der Waals surface area contributed by atoms with Crippen molar-refractivity contribution in [3.8, 4) is 0 Å². The molecular formula is C16H30ClN3O2. The predicted octanol–water partition coefficient (Wildman–Crippen LogP) is 1.69. The van der Waals surface area contributed by atoms with Crippen LogP contribution in [0.5, 0.6) is 0 Å². The number of rotatable bonds is 6. The number of hydrogen-bond acceptors (Lipinski definition) is 3. The summed E-state index contributed by atoms with van der Waals surface area (Å²) in [6.45, 7) is 5.98. The fourth-order valence-electron chi connectivity index (χ4n) is 3.12. The zero-order chi connectivity index (χ0) is 15.5. The van der Waals surface area contributed by atoms with Crippen LogP contribution in [0.4, 0.5) is 0 Å². The van der Waals surface area contributed by atoms with Gasteiger partial charge in [0.1, 0.15) is 0 Å². The quantitative estimate of drug-likeness (QED) is 0.777. The molecule has 0 spiro atoms. The molecule has 1 saturated heterocycles. The van der Waals surface area contributed by atoms with Gasteiger partial charge in [-0.3, -0.25) is 9.59 Å². The van der Waals surface area contributed by atoms with Gasteiger partial charge in [-0.05, 0) is 38.5 Å². The Labute approximate surface area is 139 Å². The van der Waals surface area contributed by atoms with E-state index in [1.807, 2.05) is 18.7 Å². The lowest BCUT2D eigenvalue weighted by atomic mass is 9.81. The smallest absolute Gasteiger partial charge is 0.227 e. The standard InChI is InChI=1S/C16H29N3O2.ClH/c1-3-16(4-2,11-17)15(21)18-13-7-9-19(10-8-13)14(20)12-5-6-12;/h12-13H,3-11,17H2,1-2H3,(H,18,21);1H. The summed E-state index contributed by atoms with van der Waals surface area (Å²) in [6.07, 6.45) is 5.37. The zero-order valence-electron chi connectivity index (χ0n) is 13.8. The van der Waals surface area contributed by atoms with E-state index in [-0.39, 0.29) is 24.4 Å². The normalized spacial score (nSPS) is 19.5. The van der Waals surface area contributed by atoms with E-state index in [1.54, 1.807) is 0 Å². The molecule has 0 unspecified atom stereocenters. The predicted molar refractivity (Wildman–Crippen MR) is 89.8 cm³/mol. The summed E-state index contributed by atoms with van der Waals surface area (Å²) in [5.41, 5.74) is 5.39. The molecule has 1 heterocycles. The minimum absolute atomic E-state index is 0. The van der Waals surface area contributed by atoms with Gasteiger partial charge < -0.3 is 16.0 Å². The molecule has 3 N–H and O–H groups in total. The van der Waals surface area contributed by atoms with E-state index in [1.165, 1.54) is 0 Å². The second-order valence-corrected chi connectivity index (χ2v) is 6.54. The largest absolute Gasteiger partial charge is 0.353 e. The molecule has 22 heavy (non-hydrogen) atoms. The van der Waals surface area contributed by atoms with Crippen molar-refractivity contribution in [1.82, 2.24) is 10.2 Å². The molecule has 0 atom stereocenters. The van der Waals surface area contributed by atoms with Crippen LogP contribution in [-0.2, 0) is 9.59 Å². The summed E-state index contributed by atoms with van der Waals surface area (Å²) < 4.78 is 0. The first kappa shape index (κ1) is 19.2. The maximum atomic E-state index is 12.5. The average molecular weight is 332 g/mol. The van der Waals surface area contributed by atoms with Gasteiger partial charge in [0.25, 0.3) is 0 Å². The first-order valence-electron chi connectivity index (χ1n) is 8.36. The van der Waals surface area contributed by atoms with Crippen LogP contribution >= 0.6 is 12.4 Å². The molecule has 2 rings (SSSR count). The molecule has 1 saturated carbocycles. The van der Waals surface area contributed by atoms with Crippen molar-refractivity contribution >= 4 is 24.2 Å². The molecule has 1 aliphatic heterocycles. The number of piperidine rings is 1. The minimum atomic E-state index is -0.430. The SMILES string of the molecule is CCC(CC)(CN)C(=O)NC1CCN(C(=O)C2CC2)CC1.Cl. The molecule has 0 aromatic rings. The third kappa shape index (κ3) is 4.13. The summed E-state index contributed by atoms with van der Waals surface area (Å²) in [6, 6.07) is 0.185. The van der Waals surface area contributed by atoms with E-state index >= 15 is 0 Å². The van der Waals surface area contributed by atoms with Gasteiger partial charge in [0, 0.05) is 31.6 Å². The topological polar surface area (TPSA) is 75.4 Å². The van der Waals surface area contributed by atoms with Gasteiger partial charge >= 0.3 is 0 Å². The Balaban J connectivity index is 0.00000242. The lowest BCUT2D eigenvalue weighted by Crippen LogP contribution is -2.52. The Morgan fingerprint density at radius 2 is 1.68 bits per heavy atom. The summed E-state index contributed by atoms with van der Waals surface area (Å²) in [5, 5.41) is 3.16. The summed E-state index contributed by atoms with van der Waals surface area (Å²) in [4.78, 5) is 26.5. The van der Waals surface area contributed by atoms with Crippen LogP contribution in [0.25, 0.3) is 0 Å². The highest BCUT2D eigenvalue weighted by Gasteiger charge is 2.37. The molecule has 0 radical (unpaired) electrons. The Morgan fingerprint density at radius 1 is 1.14 bits per heavy atom. The van der Waals surface area contributed by atoms with E-state index in [4.69, 9.17) is 5.73 Å². The number of carbonyl (C=O) groups excluding carboxylic acids is 2. The molecule has 5 nitrogen and oxygen atoms in total. The van der Waals surface area contributed by atoms with Crippen LogP contribution in [-0.4, -0.2) is 42.4 Å². The van der Waals surface area contributed by atoms with Crippen molar-refractivity contribution in [2.45, 2.75) is 58.4 Å². The van der Waals surface area contributed by atoms with Crippen LogP contribution < -0.4 is 11.1 Å². The highest BCUT2D eigenvalue weighted by molar-refractivity contribution is 5.85. The fourth-order valence-corrected chi connectivity index (χ4v) is 3.12. The maximum Gasteiger partial charge on any atom is 0.227 e. The first-order valence-corrected chi connectivity index (χ1v) is 8.36. The van der Waals surface area contributed by atoms with Crippen LogP contribution in [0.3, 0.4) is 0 Å². The Morgan fingerprint density at radius 3 is 2.09 bits per heavy atom. The molecule has 128 valence electrons. The monoisotopic (exact) mass is 331 g/mol. The van der Waals surface area contributed by atoms with Crippen LogP contribution in [0.15, 0.2) is 0 Å². The fraction of sp³-hybridized carbons (Fsp3) is 0.875. The molecule has 2 fully saturated rings. The average Bonchev–Trinajstić information content (AvgIpc) is 3.34. The van der Waals surface area contributed by atoms with Gasteiger partial charge in [-0.15, -0.1) is 12.4 Å². The van der Waals surface area contributed by atoms with Gasteiger partial charge in [0.15, 0.2) is 0 Å². The Bertz CT molecular complexity index is 379. The molecule has 2 aliphatic rings. The van der Waals surface area contributed by atoms with Crippen molar-refractivity contribution in [2.75, 3.05) is 19.6 Å². The minimum Gasteiger partial charge on any atom is -0.353 e. The number of halogens is 1. The van der Waals surface area contributed by atoms with E-state index in [9.17, 15) is 9.59 Å². The van der Waals surface area contributed by atoms with Crippen LogP contribution in [0.1, 0.15) is 52.4 Å². The van der Waals surface area contributed by atoms with Crippen molar-refractivity contribution in [2.24, 2.45) is 17.1 Å². The molecule has 2 amide bonds. The summed E-state index contributed by atoms with van der Waals surface area (Å²) >= 11 is 0. The first-order chi connectivity index (χ1) is 10.1. The van der Waals surface area contributed by atoms with E-state index in [0.717, 1.165) is 51.6 Å². The maximum absolute atomic E-state index is 12.5. The molecule has 6 heteroatoms. The second kappa shape index (κ2) is 8.16. The van der Waals surface area contributed by atoms with Gasteiger partial charge in [-0.1, -0.05) is 13.8 Å². The van der Waals surface area contributed by atoms with Gasteiger partial charge in [-0.25, -0.2) is 0 Å². The van der Waals surface area contributed by atoms with Crippen molar-refractivity contribution in [1.29, 1.82) is 0 Å². The van der Waals surface area contributed by atoms with E-state index in [2.05, 4.69) is 5.32 Å². The highest BCUT2D eigenvalue weighted by atomic mass is 35.5. The number of nitrogens with two attached hydrogens (primary N) is 1. The van der Waals surface area contributed by atoms with E-state index < -0.39 is 5.41 Å². The summed E-state index contributed by atoms with van der Waals surface area (Å²) in [7, 11) is 0. The number of nitrogens with zero attached hydrogens (tertiary/aromatic N) is 1. The Hall–Kier alpha value is -0.810. The molecular weight excluding hydrogens is 302 g/mol. The molecule has 0 bridgehead atoms. The van der Waals surface area contributed by atoms with E-state index in [0.29, 0.717) is 18.4 Å². The third-order valence-corrected chi connectivity index (χ3v) is 5.29.